The highest BCUT2D eigenvalue weighted by molar-refractivity contribution is 5.96. The number of aromatic nitrogens is 3. The maximum atomic E-state index is 11.1. The normalized spacial score (nSPS) is 11.7. The Labute approximate surface area is 187 Å². The molecule has 2 aromatic carbocycles. The van der Waals surface area contributed by atoms with Gasteiger partial charge in [0.1, 0.15) is 11.8 Å². The van der Waals surface area contributed by atoms with Gasteiger partial charge >= 0.3 is 0 Å². The van der Waals surface area contributed by atoms with E-state index in [2.05, 4.69) is 41.0 Å². The minimum absolute atomic E-state index is 0.0127. The standard InChI is InChI=1S/C14H15N3O.C11H14N2O/c1-14(2,3)11-7-18-13(17-11)9-5-4-6-10-12(9)16-8-15-10;1-8-5-3-4-6-9(8)7-10(12)11(14)13-2/h4-8H,1-3H3,(H,15,16);3-7H,12H2,1-2H3,(H,13,14)/b;10-7-. The summed E-state index contributed by atoms with van der Waals surface area (Å²) in [5, 5.41) is 2.47. The molecule has 2 aromatic heterocycles. The van der Waals surface area contributed by atoms with Crippen molar-refractivity contribution in [2.45, 2.75) is 33.1 Å². The number of carbonyl (C=O) groups is 1. The molecule has 7 heteroatoms. The first kappa shape index (κ1) is 22.8. The first-order valence-electron chi connectivity index (χ1n) is 10.3. The van der Waals surface area contributed by atoms with Crippen molar-refractivity contribution < 1.29 is 9.21 Å². The van der Waals surface area contributed by atoms with Crippen molar-refractivity contribution in [2.75, 3.05) is 7.05 Å². The van der Waals surface area contributed by atoms with Crippen LogP contribution in [0.4, 0.5) is 0 Å². The molecule has 4 aromatic rings. The van der Waals surface area contributed by atoms with Crippen LogP contribution in [0.1, 0.15) is 37.6 Å². The lowest BCUT2D eigenvalue weighted by Gasteiger charge is -2.12. The highest BCUT2D eigenvalue weighted by Crippen LogP contribution is 2.29. The number of hydrogen-bond acceptors (Lipinski definition) is 5. The molecular formula is C25H29N5O2. The number of aromatic amines is 1. The number of likely N-dealkylation sites (N-methyl/N-ethyl adjacent to an activating group) is 1. The van der Waals surface area contributed by atoms with Gasteiger partial charge in [-0.3, -0.25) is 4.79 Å². The minimum Gasteiger partial charge on any atom is -0.444 e. The Hall–Kier alpha value is -3.87. The molecule has 0 radical (unpaired) electrons. The molecule has 0 aliphatic carbocycles. The molecule has 166 valence electrons. The number of nitrogens with two attached hydrogens (primary N) is 1. The Morgan fingerprint density at radius 1 is 1.16 bits per heavy atom. The van der Waals surface area contributed by atoms with Crippen molar-refractivity contribution in [3.05, 3.63) is 77.6 Å². The second kappa shape index (κ2) is 9.51. The van der Waals surface area contributed by atoms with Gasteiger partial charge in [0, 0.05) is 12.5 Å². The summed E-state index contributed by atoms with van der Waals surface area (Å²) in [6, 6.07) is 13.7. The molecule has 0 aliphatic rings. The quantitative estimate of drug-likeness (QED) is 0.412. The number of imidazole rings is 1. The van der Waals surface area contributed by atoms with Crippen LogP contribution >= 0.6 is 0 Å². The van der Waals surface area contributed by atoms with Crippen LogP contribution in [0.15, 0.2) is 65.2 Å². The van der Waals surface area contributed by atoms with Crippen LogP contribution < -0.4 is 11.1 Å². The molecule has 1 amide bonds. The zero-order chi connectivity index (χ0) is 23.3. The zero-order valence-electron chi connectivity index (χ0n) is 19.1. The number of aryl methyl sites for hydroxylation is 1. The van der Waals surface area contributed by atoms with Gasteiger partial charge < -0.3 is 20.5 Å². The molecule has 0 saturated heterocycles. The largest absolute Gasteiger partial charge is 0.444 e. The van der Waals surface area contributed by atoms with Gasteiger partial charge in [-0.15, -0.1) is 0 Å². The Morgan fingerprint density at radius 3 is 2.56 bits per heavy atom. The number of oxazole rings is 1. The van der Waals surface area contributed by atoms with Crippen molar-refractivity contribution >= 4 is 23.0 Å². The number of nitrogens with zero attached hydrogens (tertiary/aromatic N) is 2. The van der Waals surface area contributed by atoms with Gasteiger partial charge in [-0.25, -0.2) is 9.97 Å². The van der Waals surface area contributed by atoms with E-state index in [4.69, 9.17) is 10.2 Å². The summed E-state index contributed by atoms with van der Waals surface area (Å²) in [4.78, 5) is 23.1. The number of para-hydroxylation sites is 1. The van der Waals surface area contributed by atoms with Gasteiger partial charge in [0.2, 0.25) is 5.89 Å². The number of nitrogens with one attached hydrogen (secondary N) is 2. The molecule has 4 rings (SSSR count). The van der Waals surface area contributed by atoms with E-state index < -0.39 is 0 Å². The maximum Gasteiger partial charge on any atom is 0.266 e. The van der Waals surface area contributed by atoms with Crippen molar-refractivity contribution in [3.8, 4) is 11.5 Å². The minimum atomic E-state index is -0.256. The smallest absolute Gasteiger partial charge is 0.266 e. The van der Waals surface area contributed by atoms with Gasteiger partial charge in [-0.1, -0.05) is 51.1 Å². The Balaban J connectivity index is 0.000000188. The monoisotopic (exact) mass is 431 g/mol. The first-order valence-corrected chi connectivity index (χ1v) is 10.3. The summed E-state index contributed by atoms with van der Waals surface area (Å²) in [5.41, 5.74) is 11.6. The maximum absolute atomic E-state index is 11.1. The molecule has 0 unspecified atom stereocenters. The van der Waals surface area contributed by atoms with Crippen molar-refractivity contribution in [3.63, 3.8) is 0 Å². The summed E-state index contributed by atoms with van der Waals surface area (Å²) in [5.74, 6) is 0.367. The predicted octanol–water partition coefficient (Wildman–Crippen LogP) is 4.56. The Kier molecular flexibility index (Phi) is 6.78. The van der Waals surface area contributed by atoms with E-state index in [9.17, 15) is 4.79 Å². The van der Waals surface area contributed by atoms with Crippen LogP contribution in [0.2, 0.25) is 0 Å². The lowest BCUT2D eigenvalue weighted by molar-refractivity contribution is -0.117. The topological polar surface area (TPSA) is 110 Å². The van der Waals surface area contributed by atoms with Crippen LogP contribution in [0.25, 0.3) is 28.6 Å². The summed E-state index contributed by atoms with van der Waals surface area (Å²) in [7, 11) is 1.56. The molecule has 0 bridgehead atoms. The van der Waals surface area contributed by atoms with Crippen molar-refractivity contribution in [2.24, 2.45) is 5.73 Å². The van der Waals surface area contributed by atoms with E-state index in [1.54, 1.807) is 25.7 Å². The molecule has 2 heterocycles. The molecule has 0 fully saturated rings. The summed E-state index contributed by atoms with van der Waals surface area (Å²) < 4.78 is 5.59. The SMILES string of the molecule is CC(C)(C)c1coc(-c2cccc3[nH]cnc23)n1.CNC(=O)/C(N)=C/c1ccccc1C. The molecular weight excluding hydrogens is 402 g/mol. The average molecular weight is 432 g/mol. The number of benzene rings is 2. The van der Waals surface area contributed by atoms with E-state index >= 15 is 0 Å². The van der Waals surface area contributed by atoms with Crippen molar-refractivity contribution in [1.82, 2.24) is 20.3 Å². The van der Waals surface area contributed by atoms with E-state index in [0.29, 0.717) is 5.89 Å². The highest BCUT2D eigenvalue weighted by atomic mass is 16.3. The number of carbonyl (C=O) groups excluding carboxylic acids is 1. The van der Waals surface area contributed by atoms with Crippen LogP contribution in [-0.4, -0.2) is 27.9 Å². The third-order valence-corrected chi connectivity index (χ3v) is 4.94. The lowest BCUT2D eigenvalue weighted by Crippen LogP contribution is -2.24. The summed E-state index contributed by atoms with van der Waals surface area (Å²) in [6.45, 7) is 8.32. The van der Waals surface area contributed by atoms with E-state index in [-0.39, 0.29) is 17.0 Å². The predicted molar refractivity (Wildman–Crippen MR) is 128 cm³/mol. The van der Waals surface area contributed by atoms with Gasteiger partial charge in [0.25, 0.3) is 5.91 Å². The van der Waals surface area contributed by atoms with Gasteiger partial charge in [0.15, 0.2) is 0 Å². The van der Waals surface area contributed by atoms with E-state index in [0.717, 1.165) is 33.4 Å². The molecule has 0 aliphatic heterocycles. The van der Waals surface area contributed by atoms with Crippen LogP contribution in [0.3, 0.4) is 0 Å². The fraction of sp³-hybridized carbons (Fsp3) is 0.240. The number of H-pyrrole nitrogens is 1. The number of rotatable bonds is 3. The summed E-state index contributed by atoms with van der Waals surface area (Å²) in [6.07, 6.45) is 5.08. The van der Waals surface area contributed by atoms with Gasteiger partial charge in [-0.2, -0.15) is 0 Å². The first-order chi connectivity index (χ1) is 15.2. The molecule has 0 spiro atoms. The lowest BCUT2D eigenvalue weighted by atomic mass is 9.93. The number of hydrogen-bond donors (Lipinski definition) is 3. The number of fused-ring (bicyclic) bond motifs is 1. The molecule has 32 heavy (non-hydrogen) atoms. The Bertz CT molecular complexity index is 1240. The van der Waals surface area contributed by atoms with E-state index in [1.165, 1.54) is 0 Å². The second-order valence-electron chi connectivity index (χ2n) is 8.43. The number of amides is 1. The van der Waals surface area contributed by atoms with Crippen molar-refractivity contribution in [1.29, 1.82) is 0 Å². The molecule has 0 atom stereocenters. The highest BCUT2D eigenvalue weighted by Gasteiger charge is 2.20. The van der Waals surface area contributed by atoms with Gasteiger partial charge in [0.05, 0.1) is 28.8 Å². The third kappa shape index (κ3) is 5.24. The van der Waals surface area contributed by atoms with Gasteiger partial charge in [-0.05, 0) is 36.3 Å². The third-order valence-electron chi connectivity index (χ3n) is 4.94. The second-order valence-corrected chi connectivity index (χ2v) is 8.43. The Morgan fingerprint density at radius 2 is 1.91 bits per heavy atom. The van der Waals surface area contributed by atoms with Crippen LogP contribution in [-0.2, 0) is 10.2 Å². The van der Waals surface area contributed by atoms with E-state index in [1.807, 2.05) is 49.4 Å². The van der Waals surface area contributed by atoms with Crippen LogP contribution in [0, 0.1) is 6.92 Å². The summed E-state index contributed by atoms with van der Waals surface area (Å²) >= 11 is 0. The fourth-order valence-electron chi connectivity index (χ4n) is 3.01. The molecule has 0 saturated carbocycles. The van der Waals surface area contributed by atoms with Crippen LogP contribution in [0.5, 0.6) is 0 Å². The molecule has 4 N–H and O–H groups in total. The molecule has 7 nitrogen and oxygen atoms in total. The average Bonchev–Trinajstić information content (AvgIpc) is 3.44. The zero-order valence-corrected chi connectivity index (χ0v) is 19.1. The fourth-order valence-corrected chi connectivity index (χ4v) is 3.01.